The van der Waals surface area contributed by atoms with Gasteiger partial charge in [0.2, 0.25) is 0 Å². The summed E-state index contributed by atoms with van der Waals surface area (Å²) in [6.45, 7) is 0.891. The molecular formula is C12H9F17N2. The second-order valence-electron chi connectivity index (χ2n) is 6.25. The standard InChI is InChI=1S/C12H9F17N2/c1-2-3-4-5(13,6(14,15)16)7(17,18)30-8(19,20)10(23,24)31(12(27,28)29)11(25,26)9(30,21)22/h2-4H2,1H3. The lowest BCUT2D eigenvalue weighted by Crippen LogP contribution is -2.87. The number of rotatable bonds is 5. The quantitative estimate of drug-likeness (QED) is 0.310. The van der Waals surface area contributed by atoms with Crippen LogP contribution in [0.15, 0.2) is 0 Å². The molecule has 0 aromatic rings. The number of hydrogen-bond acceptors (Lipinski definition) is 2. The van der Waals surface area contributed by atoms with E-state index in [1.807, 2.05) is 0 Å². The summed E-state index contributed by atoms with van der Waals surface area (Å²) in [5.41, 5.74) is -6.57. The average Bonchev–Trinajstić information content (AvgIpc) is 2.46. The maximum Gasteiger partial charge on any atom is 0.469 e. The Morgan fingerprint density at radius 2 is 0.903 bits per heavy atom. The third-order valence-corrected chi connectivity index (χ3v) is 4.18. The minimum Gasteiger partial charge on any atom is -0.225 e. The normalized spacial score (nSPS) is 26.5. The molecule has 1 unspecified atom stereocenters. The van der Waals surface area contributed by atoms with E-state index in [4.69, 9.17) is 0 Å². The van der Waals surface area contributed by atoms with Gasteiger partial charge in [-0.05, 0) is 12.8 Å². The Balaban J connectivity index is 3.96. The Kier molecular flexibility index (Phi) is 6.37. The predicted molar refractivity (Wildman–Crippen MR) is 63.9 cm³/mol. The summed E-state index contributed by atoms with van der Waals surface area (Å²) in [6.07, 6.45) is -19.2. The van der Waals surface area contributed by atoms with Crippen LogP contribution in [0.2, 0.25) is 0 Å². The van der Waals surface area contributed by atoms with Crippen LogP contribution in [0.5, 0.6) is 0 Å². The Bertz CT molecular complexity index is 637. The van der Waals surface area contributed by atoms with Crippen LogP contribution in [0.4, 0.5) is 74.6 Å². The van der Waals surface area contributed by atoms with Gasteiger partial charge in [-0.1, -0.05) is 18.2 Å². The highest BCUT2D eigenvalue weighted by Crippen LogP contribution is 2.65. The molecule has 0 saturated carbocycles. The van der Waals surface area contributed by atoms with Crippen LogP contribution in [-0.2, 0) is 0 Å². The molecule has 0 aliphatic carbocycles. The second kappa shape index (κ2) is 7.11. The van der Waals surface area contributed by atoms with Crippen LogP contribution in [0.3, 0.4) is 0 Å². The maximum absolute atomic E-state index is 14.3. The molecule has 1 atom stereocenters. The van der Waals surface area contributed by atoms with Gasteiger partial charge in [0.15, 0.2) is 0 Å². The molecule has 0 N–H and O–H groups in total. The van der Waals surface area contributed by atoms with Crippen molar-refractivity contribution in [3.63, 3.8) is 0 Å². The summed E-state index contributed by atoms with van der Waals surface area (Å²) in [6, 6.07) is -38.6. The van der Waals surface area contributed by atoms with E-state index in [1.54, 1.807) is 0 Å². The van der Waals surface area contributed by atoms with Crippen molar-refractivity contribution in [1.82, 2.24) is 9.80 Å². The van der Waals surface area contributed by atoms with Crippen molar-refractivity contribution in [3.8, 4) is 0 Å². The monoisotopic (exact) mass is 504 g/mol. The second-order valence-corrected chi connectivity index (χ2v) is 6.25. The van der Waals surface area contributed by atoms with Crippen LogP contribution in [-0.4, -0.2) is 58.2 Å². The van der Waals surface area contributed by atoms with E-state index < -0.39 is 77.4 Å². The van der Waals surface area contributed by atoms with E-state index in [0.29, 0.717) is 0 Å². The molecule has 0 aromatic carbocycles. The van der Waals surface area contributed by atoms with Gasteiger partial charge in [-0.2, -0.15) is 70.2 Å². The summed E-state index contributed by atoms with van der Waals surface area (Å²) in [5, 5.41) is 0. The van der Waals surface area contributed by atoms with E-state index in [0.717, 1.165) is 6.92 Å². The van der Waals surface area contributed by atoms with Crippen LogP contribution in [0.1, 0.15) is 26.2 Å². The lowest BCUT2D eigenvalue weighted by Gasteiger charge is -2.56. The van der Waals surface area contributed by atoms with Gasteiger partial charge < -0.3 is 0 Å². The molecule has 19 heteroatoms. The number of piperazine rings is 1. The minimum absolute atomic E-state index is 0.640. The number of halogens is 17. The molecule has 0 bridgehead atoms. The SMILES string of the molecule is CCCCC(F)(C(F)(F)F)C(F)(F)N1C(F)(F)C(F)(F)N(C(F)(F)F)C(F)(F)C1(F)F. The van der Waals surface area contributed by atoms with E-state index in [9.17, 15) is 74.6 Å². The Morgan fingerprint density at radius 3 is 1.16 bits per heavy atom. The first kappa shape index (κ1) is 27.8. The summed E-state index contributed by atoms with van der Waals surface area (Å²) in [5.74, 6) is 0. The molecule has 0 radical (unpaired) electrons. The van der Waals surface area contributed by atoms with Crippen LogP contribution in [0.25, 0.3) is 0 Å². The summed E-state index contributed by atoms with van der Waals surface area (Å²) < 4.78 is 228. The van der Waals surface area contributed by atoms with Crippen LogP contribution < -0.4 is 0 Å². The molecule has 0 aromatic heterocycles. The van der Waals surface area contributed by atoms with Gasteiger partial charge in [0, 0.05) is 0 Å². The smallest absolute Gasteiger partial charge is 0.225 e. The summed E-state index contributed by atoms with van der Waals surface area (Å²) >= 11 is 0. The summed E-state index contributed by atoms with van der Waals surface area (Å²) in [4.78, 5) is -8.22. The molecule has 0 spiro atoms. The van der Waals surface area contributed by atoms with E-state index in [-0.39, 0.29) is 0 Å². The fourth-order valence-corrected chi connectivity index (χ4v) is 2.62. The van der Waals surface area contributed by atoms with Crippen molar-refractivity contribution in [2.45, 2.75) is 74.6 Å². The van der Waals surface area contributed by atoms with Crippen molar-refractivity contribution in [3.05, 3.63) is 0 Å². The van der Waals surface area contributed by atoms with Crippen molar-refractivity contribution < 1.29 is 74.6 Å². The molecule has 31 heavy (non-hydrogen) atoms. The highest BCUT2D eigenvalue weighted by Gasteiger charge is 2.94. The zero-order valence-corrected chi connectivity index (χ0v) is 14.4. The number of alkyl halides is 17. The molecule has 186 valence electrons. The first-order chi connectivity index (χ1) is 13.3. The number of hydrogen-bond donors (Lipinski definition) is 0. The maximum atomic E-state index is 14.3. The molecule has 1 rings (SSSR count). The molecular weight excluding hydrogens is 495 g/mol. The van der Waals surface area contributed by atoms with Gasteiger partial charge in [-0.3, -0.25) is 0 Å². The Hall–Kier alpha value is -1.27. The first-order valence-electron chi connectivity index (χ1n) is 7.61. The number of nitrogens with zero attached hydrogens (tertiary/aromatic N) is 2. The number of unbranched alkanes of at least 4 members (excludes halogenated alkanes) is 1. The molecule has 0 amide bonds. The van der Waals surface area contributed by atoms with Gasteiger partial charge in [-0.25, -0.2) is 4.39 Å². The van der Waals surface area contributed by atoms with Gasteiger partial charge in [0.25, 0.3) is 5.67 Å². The Labute approximate surface area is 160 Å². The Morgan fingerprint density at radius 1 is 0.581 bits per heavy atom. The molecule has 2 nitrogen and oxygen atoms in total. The van der Waals surface area contributed by atoms with Crippen molar-refractivity contribution in [2.24, 2.45) is 0 Å². The highest BCUT2D eigenvalue weighted by atomic mass is 19.4. The predicted octanol–water partition coefficient (Wildman–Crippen LogP) is 6.55. The fourth-order valence-electron chi connectivity index (χ4n) is 2.62. The highest BCUT2D eigenvalue weighted by molar-refractivity contribution is 5.11. The van der Waals surface area contributed by atoms with Gasteiger partial charge in [0.1, 0.15) is 0 Å². The van der Waals surface area contributed by atoms with Gasteiger partial charge >= 0.3 is 42.7 Å². The van der Waals surface area contributed by atoms with Crippen molar-refractivity contribution in [2.75, 3.05) is 0 Å². The topological polar surface area (TPSA) is 6.48 Å². The third kappa shape index (κ3) is 3.58. The lowest BCUT2D eigenvalue weighted by molar-refractivity contribution is -0.580. The zero-order chi connectivity index (χ0) is 25.3. The molecule has 1 heterocycles. The molecule has 1 fully saturated rings. The van der Waals surface area contributed by atoms with E-state index >= 15 is 0 Å². The van der Waals surface area contributed by atoms with Gasteiger partial charge in [-0.15, -0.1) is 4.90 Å². The van der Waals surface area contributed by atoms with E-state index in [2.05, 4.69) is 0 Å². The average molecular weight is 504 g/mol. The van der Waals surface area contributed by atoms with E-state index in [1.165, 1.54) is 0 Å². The first-order valence-corrected chi connectivity index (χ1v) is 7.61. The summed E-state index contributed by atoms with van der Waals surface area (Å²) in [7, 11) is 0. The van der Waals surface area contributed by atoms with Crippen molar-refractivity contribution >= 4 is 0 Å². The minimum atomic E-state index is -7.80. The van der Waals surface area contributed by atoms with Crippen LogP contribution in [0, 0.1) is 0 Å². The van der Waals surface area contributed by atoms with Gasteiger partial charge in [0.05, 0.1) is 0 Å². The third-order valence-electron chi connectivity index (χ3n) is 4.18. The van der Waals surface area contributed by atoms with Crippen molar-refractivity contribution in [1.29, 1.82) is 0 Å². The molecule has 1 aliphatic rings. The zero-order valence-electron chi connectivity index (χ0n) is 14.4. The lowest BCUT2D eigenvalue weighted by atomic mass is 9.92. The largest absolute Gasteiger partial charge is 0.469 e. The molecule has 1 saturated heterocycles. The fraction of sp³-hybridized carbons (Fsp3) is 1.00. The molecule has 1 aliphatic heterocycles. The van der Waals surface area contributed by atoms with Crippen LogP contribution >= 0.6 is 0 Å².